The van der Waals surface area contributed by atoms with Gasteiger partial charge in [-0.25, -0.2) is 9.78 Å². The molecule has 1 N–H and O–H groups in total. The van der Waals surface area contributed by atoms with Crippen molar-refractivity contribution in [3.05, 3.63) is 23.4 Å². The summed E-state index contributed by atoms with van der Waals surface area (Å²) >= 11 is 0. The van der Waals surface area contributed by atoms with E-state index in [4.69, 9.17) is 5.11 Å². The number of rotatable bonds is 3. The molecule has 1 fully saturated rings. The summed E-state index contributed by atoms with van der Waals surface area (Å²) in [6.07, 6.45) is 5.12. The highest BCUT2D eigenvalue weighted by Gasteiger charge is 2.20. The molecule has 0 amide bonds. The number of hydrogen-bond acceptors (Lipinski definition) is 3. The lowest BCUT2D eigenvalue weighted by Crippen LogP contribution is -2.34. The molecular weight excluding hydrogens is 228 g/mol. The van der Waals surface area contributed by atoms with Crippen LogP contribution in [0.15, 0.2) is 12.3 Å². The number of carbonyl (C=O) groups is 1. The molecule has 4 heteroatoms. The van der Waals surface area contributed by atoms with Gasteiger partial charge in [-0.1, -0.05) is 13.3 Å². The summed E-state index contributed by atoms with van der Waals surface area (Å²) in [5.74, 6) is 0.858. The summed E-state index contributed by atoms with van der Waals surface area (Å²) in [6.45, 7) is 6.23. The second kappa shape index (κ2) is 5.38. The number of aryl methyl sites for hydroxylation is 1. The number of carboxylic acid groups (broad SMARTS) is 1. The summed E-state index contributed by atoms with van der Waals surface area (Å²) in [7, 11) is 0. The van der Waals surface area contributed by atoms with Gasteiger partial charge < -0.3 is 10.0 Å². The van der Waals surface area contributed by atoms with Gasteiger partial charge in [0, 0.05) is 19.3 Å². The van der Waals surface area contributed by atoms with Crippen LogP contribution in [0.1, 0.15) is 42.1 Å². The van der Waals surface area contributed by atoms with Gasteiger partial charge in [0.15, 0.2) is 0 Å². The molecule has 1 aliphatic rings. The number of piperidine rings is 1. The lowest BCUT2D eigenvalue weighted by Gasteiger charge is -2.33. The molecule has 1 saturated heterocycles. The van der Waals surface area contributed by atoms with E-state index in [-0.39, 0.29) is 5.56 Å². The zero-order chi connectivity index (χ0) is 13.1. The van der Waals surface area contributed by atoms with Crippen LogP contribution >= 0.6 is 0 Å². The van der Waals surface area contributed by atoms with E-state index in [0.717, 1.165) is 30.4 Å². The van der Waals surface area contributed by atoms with Gasteiger partial charge >= 0.3 is 5.97 Å². The molecule has 4 nitrogen and oxygen atoms in total. The second-order valence-corrected chi connectivity index (χ2v) is 5.01. The highest BCUT2D eigenvalue weighted by molar-refractivity contribution is 5.87. The van der Waals surface area contributed by atoms with Gasteiger partial charge in [0.25, 0.3) is 0 Å². The Balaban J connectivity index is 2.12. The number of nitrogens with zero attached hydrogens (tertiary/aromatic N) is 2. The maximum absolute atomic E-state index is 10.9. The molecule has 98 valence electrons. The third-order valence-corrected chi connectivity index (χ3v) is 3.79. The molecule has 0 bridgehead atoms. The van der Waals surface area contributed by atoms with Crippen LogP contribution in [0.4, 0.5) is 5.82 Å². The van der Waals surface area contributed by atoms with Crippen LogP contribution in [0.3, 0.4) is 0 Å². The lowest BCUT2D eigenvalue weighted by molar-refractivity contribution is 0.0696. The maximum atomic E-state index is 10.9. The average molecular weight is 248 g/mol. The molecule has 18 heavy (non-hydrogen) atoms. The van der Waals surface area contributed by atoms with Crippen LogP contribution in [-0.4, -0.2) is 29.1 Å². The monoisotopic (exact) mass is 248 g/mol. The summed E-state index contributed by atoms with van der Waals surface area (Å²) in [6, 6.07) is 1.70. The SMILES string of the molecule is CCC1CCN(c2ncc(C(=O)O)cc2C)CC1. The van der Waals surface area contributed by atoms with Gasteiger partial charge in [-0.05, 0) is 37.3 Å². The van der Waals surface area contributed by atoms with Crippen LogP contribution in [0, 0.1) is 12.8 Å². The third kappa shape index (κ3) is 2.63. The van der Waals surface area contributed by atoms with Crippen LogP contribution in [0.25, 0.3) is 0 Å². The minimum atomic E-state index is -0.915. The number of hydrogen-bond donors (Lipinski definition) is 1. The van der Waals surface area contributed by atoms with Gasteiger partial charge in [0.2, 0.25) is 0 Å². The van der Waals surface area contributed by atoms with Crippen molar-refractivity contribution in [2.45, 2.75) is 33.1 Å². The molecular formula is C14H20N2O2. The fraction of sp³-hybridized carbons (Fsp3) is 0.571. The molecule has 1 aromatic rings. The molecule has 2 heterocycles. The molecule has 1 aromatic heterocycles. The van der Waals surface area contributed by atoms with E-state index in [0.29, 0.717) is 0 Å². The largest absolute Gasteiger partial charge is 0.478 e. The molecule has 0 atom stereocenters. The number of anilines is 1. The second-order valence-electron chi connectivity index (χ2n) is 5.01. The van der Waals surface area contributed by atoms with Gasteiger partial charge in [-0.2, -0.15) is 0 Å². The quantitative estimate of drug-likeness (QED) is 0.893. The predicted molar refractivity (Wildman–Crippen MR) is 71.2 cm³/mol. The molecule has 0 radical (unpaired) electrons. The summed E-state index contributed by atoms with van der Waals surface area (Å²) in [5.41, 5.74) is 1.21. The van der Waals surface area contributed by atoms with Crippen LogP contribution < -0.4 is 4.90 Å². The minimum Gasteiger partial charge on any atom is -0.478 e. The molecule has 0 aliphatic carbocycles. The highest BCUT2D eigenvalue weighted by atomic mass is 16.4. The topological polar surface area (TPSA) is 53.4 Å². The van der Waals surface area contributed by atoms with Gasteiger partial charge in [-0.3, -0.25) is 0 Å². The van der Waals surface area contributed by atoms with E-state index >= 15 is 0 Å². The van der Waals surface area contributed by atoms with Gasteiger partial charge in [0.1, 0.15) is 5.82 Å². The molecule has 2 rings (SSSR count). The zero-order valence-corrected chi connectivity index (χ0v) is 11.0. The third-order valence-electron chi connectivity index (χ3n) is 3.79. The van der Waals surface area contributed by atoms with Crippen molar-refractivity contribution in [1.29, 1.82) is 0 Å². The number of pyridine rings is 1. The molecule has 1 aliphatic heterocycles. The Labute approximate surface area is 108 Å². The maximum Gasteiger partial charge on any atom is 0.337 e. The normalized spacial score (nSPS) is 16.9. The smallest absolute Gasteiger partial charge is 0.337 e. The first-order valence-electron chi connectivity index (χ1n) is 6.56. The van der Waals surface area contributed by atoms with E-state index in [9.17, 15) is 4.79 Å². The van der Waals surface area contributed by atoms with E-state index in [1.807, 2.05) is 6.92 Å². The first kappa shape index (κ1) is 12.9. The standard InChI is InChI=1S/C14H20N2O2/c1-3-11-4-6-16(7-5-11)13-10(2)8-12(9-15-13)14(17)18/h8-9,11H,3-7H2,1-2H3,(H,17,18). The molecule has 0 aromatic carbocycles. The van der Waals surface area contributed by atoms with E-state index in [2.05, 4.69) is 16.8 Å². The Morgan fingerprint density at radius 3 is 2.67 bits per heavy atom. The van der Waals surface area contributed by atoms with Crippen LogP contribution in [0.5, 0.6) is 0 Å². The van der Waals surface area contributed by atoms with E-state index in [1.165, 1.54) is 25.5 Å². The Kier molecular flexibility index (Phi) is 3.84. The lowest BCUT2D eigenvalue weighted by atomic mass is 9.94. The summed E-state index contributed by atoms with van der Waals surface area (Å²) in [4.78, 5) is 17.5. The fourth-order valence-electron chi connectivity index (χ4n) is 2.57. The number of aromatic nitrogens is 1. The van der Waals surface area contributed by atoms with Crippen molar-refractivity contribution in [1.82, 2.24) is 4.98 Å². The molecule has 0 spiro atoms. The number of aromatic carboxylic acids is 1. The van der Waals surface area contributed by atoms with Crippen molar-refractivity contribution in [3.63, 3.8) is 0 Å². The van der Waals surface area contributed by atoms with Crippen molar-refractivity contribution >= 4 is 11.8 Å². The van der Waals surface area contributed by atoms with Gasteiger partial charge in [-0.15, -0.1) is 0 Å². The average Bonchev–Trinajstić information content (AvgIpc) is 2.38. The first-order valence-corrected chi connectivity index (χ1v) is 6.56. The molecule has 0 saturated carbocycles. The Morgan fingerprint density at radius 2 is 2.17 bits per heavy atom. The van der Waals surface area contributed by atoms with Crippen molar-refractivity contribution in [2.24, 2.45) is 5.92 Å². The van der Waals surface area contributed by atoms with E-state index < -0.39 is 5.97 Å². The van der Waals surface area contributed by atoms with Crippen LogP contribution in [-0.2, 0) is 0 Å². The van der Waals surface area contributed by atoms with Crippen molar-refractivity contribution in [2.75, 3.05) is 18.0 Å². The summed E-state index contributed by atoms with van der Waals surface area (Å²) in [5, 5.41) is 8.92. The van der Waals surface area contributed by atoms with Gasteiger partial charge in [0.05, 0.1) is 5.56 Å². The Bertz CT molecular complexity index is 437. The molecule has 0 unspecified atom stereocenters. The van der Waals surface area contributed by atoms with E-state index in [1.54, 1.807) is 6.07 Å². The highest BCUT2D eigenvalue weighted by Crippen LogP contribution is 2.26. The first-order chi connectivity index (χ1) is 8.61. The Morgan fingerprint density at radius 1 is 1.50 bits per heavy atom. The number of carboxylic acids is 1. The predicted octanol–water partition coefficient (Wildman–Crippen LogP) is 2.71. The van der Waals surface area contributed by atoms with Crippen molar-refractivity contribution in [3.8, 4) is 0 Å². The van der Waals surface area contributed by atoms with Crippen molar-refractivity contribution < 1.29 is 9.90 Å². The Hall–Kier alpha value is -1.58. The summed E-state index contributed by atoms with van der Waals surface area (Å²) < 4.78 is 0. The minimum absolute atomic E-state index is 0.264. The zero-order valence-electron chi connectivity index (χ0n) is 11.0. The van der Waals surface area contributed by atoms with Crippen LogP contribution in [0.2, 0.25) is 0 Å². The fourth-order valence-corrected chi connectivity index (χ4v) is 2.57.